The number of carbonyl (C=O) groups excluding carboxylic acids is 1. The minimum atomic E-state index is -0.942. The summed E-state index contributed by atoms with van der Waals surface area (Å²) in [5.41, 5.74) is 0. The summed E-state index contributed by atoms with van der Waals surface area (Å²) in [6.45, 7) is 16.8. The lowest BCUT2D eigenvalue weighted by molar-refractivity contribution is -0.135. The summed E-state index contributed by atoms with van der Waals surface area (Å²) in [6, 6.07) is 0. The molecule has 0 spiro atoms. The molecule has 0 saturated carbocycles. The van der Waals surface area contributed by atoms with Gasteiger partial charge < -0.3 is 4.74 Å². The van der Waals surface area contributed by atoms with E-state index in [0.29, 0.717) is 21.7 Å². The van der Waals surface area contributed by atoms with Crippen LogP contribution < -0.4 is 0 Å². The van der Waals surface area contributed by atoms with E-state index < -0.39 is 10.0 Å². The average Bonchev–Trinajstić information content (AvgIpc) is 2.16. The van der Waals surface area contributed by atoms with Crippen LogP contribution in [0.25, 0.3) is 0 Å². The van der Waals surface area contributed by atoms with Gasteiger partial charge in [-0.1, -0.05) is 48.1 Å². The summed E-state index contributed by atoms with van der Waals surface area (Å²) in [7, 11) is -0.942. The van der Waals surface area contributed by atoms with Crippen molar-refractivity contribution in [3.8, 4) is 0 Å². The quantitative estimate of drug-likeness (QED) is 0.527. The SMILES string of the molecule is C=CC(=O)OCS(C(C)C)(C(C)C)C(C)C. The summed E-state index contributed by atoms with van der Waals surface area (Å²) in [4.78, 5) is 11.2. The maximum atomic E-state index is 11.2. The Hall–Kier alpha value is -0.440. The molecule has 0 aliphatic carbocycles. The first-order valence-electron chi connectivity index (χ1n) is 5.85. The second kappa shape index (κ2) is 6.33. The van der Waals surface area contributed by atoms with Crippen molar-refractivity contribution in [3.63, 3.8) is 0 Å². The normalized spacial score (nSPS) is 13.3. The highest BCUT2D eigenvalue weighted by molar-refractivity contribution is 8.34. The zero-order valence-electron chi connectivity index (χ0n) is 11.4. The van der Waals surface area contributed by atoms with Crippen molar-refractivity contribution in [3.05, 3.63) is 12.7 Å². The largest absolute Gasteiger partial charge is 0.453 e. The summed E-state index contributed by atoms with van der Waals surface area (Å²) in [5.74, 6) is 0.254. The van der Waals surface area contributed by atoms with Crippen molar-refractivity contribution in [1.29, 1.82) is 0 Å². The molecule has 2 nitrogen and oxygen atoms in total. The Bertz CT molecular complexity index is 223. The maximum Gasteiger partial charge on any atom is 0.330 e. The van der Waals surface area contributed by atoms with E-state index in [1.54, 1.807) is 0 Å². The molecule has 0 aliphatic rings. The molecule has 0 fully saturated rings. The third kappa shape index (κ3) is 3.27. The van der Waals surface area contributed by atoms with Gasteiger partial charge in [0, 0.05) is 6.08 Å². The summed E-state index contributed by atoms with van der Waals surface area (Å²) < 4.78 is 5.32. The Morgan fingerprint density at radius 2 is 1.50 bits per heavy atom. The van der Waals surface area contributed by atoms with Gasteiger partial charge in [0.15, 0.2) is 0 Å². The predicted octanol–water partition coefficient (Wildman–Crippen LogP) is 3.70. The van der Waals surface area contributed by atoms with Crippen LogP contribution in [0, 0.1) is 0 Å². The van der Waals surface area contributed by atoms with Gasteiger partial charge in [-0.05, 0) is 15.7 Å². The monoisotopic (exact) mass is 246 g/mol. The number of ether oxygens (including phenoxy) is 1. The molecule has 0 aromatic heterocycles. The Kier molecular flexibility index (Phi) is 6.16. The van der Waals surface area contributed by atoms with Gasteiger partial charge >= 0.3 is 5.97 Å². The molecule has 0 aromatic rings. The summed E-state index contributed by atoms with van der Waals surface area (Å²) in [6.07, 6.45) is 1.24. The van der Waals surface area contributed by atoms with Gasteiger partial charge in [0.05, 0.1) is 0 Å². The molecule has 0 aliphatic heterocycles. The number of hydrogen-bond acceptors (Lipinski definition) is 2. The second-order valence-electron chi connectivity index (χ2n) is 4.84. The molecule has 0 bridgehead atoms. The highest BCUT2D eigenvalue weighted by Crippen LogP contribution is 2.60. The van der Waals surface area contributed by atoms with Crippen LogP contribution in [0.4, 0.5) is 0 Å². The molecule has 96 valence electrons. The molecule has 0 radical (unpaired) electrons. The highest BCUT2D eigenvalue weighted by Gasteiger charge is 2.35. The van der Waals surface area contributed by atoms with Crippen LogP contribution in [-0.2, 0) is 9.53 Å². The molecule has 0 rings (SSSR count). The van der Waals surface area contributed by atoms with E-state index in [0.717, 1.165) is 0 Å². The van der Waals surface area contributed by atoms with E-state index in [-0.39, 0.29) is 5.97 Å². The minimum Gasteiger partial charge on any atom is -0.453 e. The standard InChI is InChI=1S/C13H26O2S/c1-8-13(14)15-9-16(10(2)3,11(4)5)12(6)7/h8,10-12H,1,9H2,2-7H3. The molecule has 0 saturated heterocycles. The van der Waals surface area contributed by atoms with Crippen molar-refractivity contribution in [2.75, 3.05) is 5.94 Å². The van der Waals surface area contributed by atoms with Gasteiger partial charge in [0.25, 0.3) is 0 Å². The van der Waals surface area contributed by atoms with Gasteiger partial charge in [-0.3, -0.25) is 0 Å². The van der Waals surface area contributed by atoms with E-state index >= 15 is 0 Å². The third-order valence-corrected chi connectivity index (χ3v) is 9.00. The fourth-order valence-electron chi connectivity index (χ4n) is 2.26. The van der Waals surface area contributed by atoms with E-state index in [2.05, 4.69) is 48.1 Å². The zero-order valence-corrected chi connectivity index (χ0v) is 12.3. The zero-order chi connectivity index (χ0) is 12.9. The van der Waals surface area contributed by atoms with Crippen LogP contribution in [0.2, 0.25) is 0 Å². The molecule has 0 aromatic carbocycles. The molecule has 16 heavy (non-hydrogen) atoms. The van der Waals surface area contributed by atoms with Crippen molar-refractivity contribution in [1.82, 2.24) is 0 Å². The Morgan fingerprint density at radius 1 is 1.12 bits per heavy atom. The minimum absolute atomic E-state index is 0.307. The maximum absolute atomic E-state index is 11.2. The average molecular weight is 246 g/mol. The molecular formula is C13H26O2S. The summed E-state index contributed by atoms with van der Waals surface area (Å²) >= 11 is 0. The molecule has 0 N–H and O–H groups in total. The third-order valence-electron chi connectivity index (χ3n) is 3.20. The van der Waals surface area contributed by atoms with Crippen LogP contribution in [0.15, 0.2) is 12.7 Å². The number of carbonyl (C=O) groups is 1. The predicted molar refractivity (Wildman–Crippen MR) is 74.2 cm³/mol. The first-order chi connectivity index (χ1) is 7.28. The summed E-state index contributed by atoms with van der Waals surface area (Å²) in [5, 5.41) is 1.68. The van der Waals surface area contributed by atoms with E-state index in [9.17, 15) is 4.79 Å². The molecule has 3 heteroatoms. The fourth-order valence-corrected chi connectivity index (χ4v) is 6.66. The van der Waals surface area contributed by atoms with Gasteiger partial charge in [0.1, 0.15) is 5.94 Å². The number of hydrogen-bond donors (Lipinski definition) is 0. The van der Waals surface area contributed by atoms with E-state index in [1.807, 2.05) is 0 Å². The molecular weight excluding hydrogens is 220 g/mol. The lowest BCUT2D eigenvalue weighted by atomic mass is 10.5. The van der Waals surface area contributed by atoms with Gasteiger partial charge in [-0.2, -0.15) is 0 Å². The Morgan fingerprint density at radius 3 is 1.75 bits per heavy atom. The van der Waals surface area contributed by atoms with Gasteiger partial charge in [0.2, 0.25) is 0 Å². The smallest absolute Gasteiger partial charge is 0.330 e. The Balaban J connectivity index is 4.90. The molecule has 0 heterocycles. The van der Waals surface area contributed by atoms with Crippen molar-refractivity contribution >= 4 is 16.0 Å². The van der Waals surface area contributed by atoms with Gasteiger partial charge in [-0.25, -0.2) is 14.8 Å². The van der Waals surface area contributed by atoms with Crippen molar-refractivity contribution in [2.24, 2.45) is 0 Å². The number of rotatable bonds is 6. The van der Waals surface area contributed by atoms with Crippen molar-refractivity contribution in [2.45, 2.75) is 57.3 Å². The first-order valence-corrected chi connectivity index (χ1v) is 7.85. The second-order valence-corrected chi connectivity index (χ2v) is 9.72. The van der Waals surface area contributed by atoms with Gasteiger partial charge in [-0.15, -0.1) is 0 Å². The Labute approximate surface area is 102 Å². The van der Waals surface area contributed by atoms with Crippen LogP contribution in [0.1, 0.15) is 41.5 Å². The molecule has 0 atom stereocenters. The number of esters is 1. The van der Waals surface area contributed by atoms with Crippen LogP contribution in [0.3, 0.4) is 0 Å². The van der Waals surface area contributed by atoms with Crippen LogP contribution >= 0.6 is 10.0 Å². The topological polar surface area (TPSA) is 26.3 Å². The lowest BCUT2D eigenvalue weighted by Crippen LogP contribution is -2.32. The van der Waals surface area contributed by atoms with Crippen LogP contribution in [0.5, 0.6) is 0 Å². The fraction of sp³-hybridized carbons (Fsp3) is 0.769. The highest BCUT2D eigenvalue weighted by atomic mass is 32.3. The van der Waals surface area contributed by atoms with E-state index in [1.165, 1.54) is 6.08 Å². The lowest BCUT2D eigenvalue weighted by Gasteiger charge is -2.50. The van der Waals surface area contributed by atoms with Crippen LogP contribution in [-0.4, -0.2) is 27.7 Å². The first kappa shape index (κ1) is 15.6. The van der Waals surface area contributed by atoms with Crippen molar-refractivity contribution < 1.29 is 9.53 Å². The van der Waals surface area contributed by atoms with E-state index in [4.69, 9.17) is 4.74 Å². The molecule has 0 unspecified atom stereocenters. The molecule has 0 amide bonds.